The lowest BCUT2D eigenvalue weighted by Gasteiger charge is -2.18. The lowest BCUT2D eigenvalue weighted by molar-refractivity contribution is 0.215. The van der Waals surface area contributed by atoms with Crippen LogP contribution >= 0.6 is 15.9 Å². The fourth-order valence-corrected chi connectivity index (χ4v) is 2.22. The zero-order valence-corrected chi connectivity index (χ0v) is 9.17. The molecule has 0 aliphatic carbocycles. The van der Waals surface area contributed by atoms with Gasteiger partial charge in [-0.15, -0.1) is 0 Å². The van der Waals surface area contributed by atoms with Crippen LogP contribution in [0.5, 0.6) is 5.75 Å². The van der Waals surface area contributed by atoms with Crippen molar-refractivity contribution in [3.8, 4) is 5.75 Å². The van der Waals surface area contributed by atoms with Crippen LogP contribution in [0.15, 0.2) is 34.8 Å². The van der Waals surface area contributed by atoms with Crippen molar-refractivity contribution in [1.29, 1.82) is 0 Å². The number of hydrogen-bond donors (Lipinski definition) is 1. The van der Waals surface area contributed by atoms with Crippen molar-refractivity contribution in [2.75, 3.05) is 5.32 Å². The molecule has 15 heavy (non-hydrogen) atoms. The lowest BCUT2D eigenvalue weighted by atomic mass is 10.1. The number of carbonyl (C=O) groups excluding carboxylic acids is 1. The molecule has 0 unspecified atom stereocenters. The van der Waals surface area contributed by atoms with Crippen LogP contribution in [0.4, 0.5) is 10.5 Å². The van der Waals surface area contributed by atoms with Gasteiger partial charge in [0.2, 0.25) is 0 Å². The minimum atomic E-state index is -0.433. The van der Waals surface area contributed by atoms with Crippen LogP contribution in [0.3, 0.4) is 0 Å². The Bertz CT molecular complexity index is 566. The molecule has 0 saturated carbocycles. The highest BCUT2D eigenvalue weighted by Crippen LogP contribution is 2.38. The summed E-state index contributed by atoms with van der Waals surface area (Å²) in [6.45, 7) is 0. The summed E-state index contributed by atoms with van der Waals surface area (Å²) in [7, 11) is 0. The molecule has 1 aliphatic rings. The quantitative estimate of drug-likeness (QED) is 0.790. The molecule has 1 aliphatic heterocycles. The van der Waals surface area contributed by atoms with Crippen LogP contribution in [-0.4, -0.2) is 6.09 Å². The summed E-state index contributed by atoms with van der Waals surface area (Å²) in [6, 6.07) is 9.40. The van der Waals surface area contributed by atoms with Gasteiger partial charge in [-0.2, -0.15) is 0 Å². The number of hydrogen-bond acceptors (Lipinski definition) is 2. The molecule has 0 spiro atoms. The molecule has 2 aromatic carbocycles. The van der Waals surface area contributed by atoms with Gasteiger partial charge in [0.1, 0.15) is 5.75 Å². The van der Waals surface area contributed by atoms with Crippen molar-refractivity contribution >= 4 is 38.5 Å². The van der Waals surface area contributed by atoms with E-state index in [1.54, 1.807) is 6.07 Å². The fourth-order valence-electron chi connectivity index (χ4n) is 1.76. The Hall–Kier alpha value is -1.55. The van der Waals surface area contributed by atoms with E-state index in [1.807, 2.05) is 24.3 Å². The van der Waals surface area contributed by atoms with Gasteiger partial charge >= 0.3 is 6.09 Å². The number of anilines is 1. The molecule has 0 fully saturated rings. The van der Waals surface area contributed by atoms with E-state index in [9.17, 15) is 4.79 Å². The van der Waals surface area contributed by atoms with Gasteiger partial charge in [0.15, 0.2) is 0 Å². The molecular formula is C11H6BrNO2. The van der Waals surface area contributed by atoms with Gasteiger partial charge in [0.05, 0.1) is 5.69 Å². The third-order valence-electron chi connectivity index (χ3n) is 2.39. The average molecular weight is 264 g/mol. The third kappa shape index (κ3) is 1.22. The summed E-state index contributed by atoms with van der Waals surface area (Å²) in [6.07, 6.45) is -0.433. The number of benzene rings is 2. The van der Waals surface area contributed by atoms with E-state index >= 15 is 0 Å². The van der Waals surface area contributed by atoms with Gasteiger partial charge in [0, 0.05) is 15.2 Å². The Morgan fingerprint density at radius 3 is 2.93 bits per heavy atom. The van der Waals surface area contributed by atoms with E-state index in [1.165, 1.54) is 0 Å². The Morgan fingerprint density at radius 1 is 1.20 bits per heavy atom. The number of nitrogens with one attached hydrogen (secondary N) is 1. The number of halogens is 1. The van der Waals surface area contributed by atoms with E-state index in [0.29, 0.717) is 5.75 Å². The van der Waals surface area contributed by atoms with E-state index < -0.39 is 6.09 Å². The normalized spacial score (nSPS) is 13.5. The summed E-state index contributed by atoms with van der Waals surface area (Å²) in [5.41, 5.74) is 0.792. The van der Waals surface area contributed by atoms with Crippen LogP contribution in [-0.2, 0) is 0 Å². The van der Waals surface area contributed by atoms with Gasteiger partial charge in [-0.25, -0.2) is 4.79 Å². The number of amides is 1. The highest BCUT2D eigenvalue weighted by atomic mass is 79.9. The van der Waals surface area contributed by atoms with Crippen molar-refractivity contribution in [1.82, 2.24) is 0 Å². The smallest absolute Gasteiger partial charge is 0.409 e. The highest BCUT2D eigenvalue weighted by Gasteiger charge is 2.19. The van der Waals surface area contributed by atoms with Gasteiger partial charge < -0.3 is 4.74 Å². The van der Waals surface area contributed by atoms with Gasteiger partial charge in [-0.1, -0.05) is 28.1 Å². The molecule has 0 aromatic heterocycles. The van der Waals surface area contributed by atoms with Gasteiger partial charge in [0.25, 0.3) is 0 Å². The van der Waals surface area contributed by atoms with E-state index in [-0.39, 0.29) is 0 Å². The molecule has 3 nitrogen and oxygen atoms in total. The first kappa shape index (κ1) is 8.73. The lowest BCUT2D eigenvalue weighted by Crippen LogP contribution is -2.20. The minimum Gasteiger partial charge on any atom is -0.409 e. The Kier molecular flexibility index (Phi) is 1.73. The molecule has 0 atom stereocenters. The standard InChI is InChI=1S/C11H6BrNO2/c12-7-4-5-8-10-6(7)2-1-3-9(10)15-11(14)13-8/h1-5H,(H,13,14). The molecule has 0 saturated heterocycles. The second-order valence-corrected chi connectivity index (χ2v) is 4.14. The van der Waals surface area contributed by atoms with Crippen LogP contribution in [0.1, 0.15) is 0 Å². The topological polar surface area (TPSA) is 38.3 Å². The number of ether oxygens (including phenoxy) is 1. The van der Waals surface area contributed by atoms with E-state index in [2.05, 4.69) is 21.2 Å². The Morgan fingerprint density at radius 2 is 2.07 bits per heavy atom. The first-order chi connectivity index (χ1) is 7.25. The van der Waals surface area contributed by atoms with Crippen molar-refractivity contribution in [2.24, 2.45) is 0 Å². The predicted octanol–water partition coefficient (Wildman–Crippen LogP) is 3.53. The summed E-state index contributed by atoms with van der Waals surface area (Å²) >= 11 is 3.47. The van der Waals surface area contributed by atoms with Crippen molar-refractivity contribution < 1.29 is 9.53 Å². The second-order valence-electron chi connectivity index (χ2n) is 3.29. The molecule has 1 heterocycles. The van der Waals surface area contributed by atoms with Crippen LogP contribution < -0.4 is 10.1 Å². The first-order valence-corrected chi connectivity index (χ1v) is 5.25. The molecule has 3 rings (SSSR count). The van der Waals surface area contributed by atoms with Gasteiger partial charge in [-0.05, 0) is 18.2 Å². The largest absolute Gasteiger partial charge is 0.417 e. The fraction of sp³-hybridized carbons (Fsp3) is 0. The van der Waals surface area contributed by atoms with E-state index in [4.69, 9.17) is 4.74 Å². The Balaban J connectivity index is 2.47. The maximum atomic E-state index is 11.2. The van der Waals surface area contributed by atoms with Crippen LogP contribution in [0, 0.1) is 0 Å². The molecule has 0 radical (unpaired) electrons. The van der Waals surface area contributed by atoms with E-state index in [0.717, 1.165) is 20.9 Å². The molecule has 74 valence electrons. The highest BCUT2D eigenvalue weighted by molar-refractivity contribution is 9.10. The van der Waals surface area contributed by atoms with Crippen molar-refractivity contribution in [3.05, 3.63) is 34.8 Å². The van der Waals surface area contributed by atoms with Crippen LogP contribution in [0.25, 0.3) is 10.8 Å². The zero-order chi connectivity index (χ0) is 10.4. The van der Waals surface area contributed by atoms with Crippen molar-refractivity contribution in [2.45, 2.75) is 0 Å². The maximum Gasteiger partial charge on any atom is 0.417 e. The number of carbonyl (C=O) groups is 1. The molecule has 2 aromatic rings. The predicted molar refractivity (Wildman–Crippen MR) is 61.3 cm³/mol. The molecule has 0 bridgehead atoms. The zero-order valence-electron chi connectivity index (χ0n) is 7.58. The summed E-state index contributed by atoms with van der Waals surface area (Å²) in [5, 5.41) is 4.64. The third-order valence-corrected chi connectivity index (χ3v) is 3.08. The molecule has 1 amide bonds. The monoisotopic (exact) mass is 263 g/mol. The molecule has 1 N–H and O–H groups in total. The average Bonchev–Trinajstić information content (AvgIpc) is 2.23. The summed E-state index contributed by atoms with van der Waals surface area (Å²) in [5.74, 6) is 0.604. The van der Waals surface area contributed by atoms with Crippen molar-refractivity contribution in [3.63, 3.8) is 0 Å². The SMILES string of the molecule is O=C1Nc2ccc(Br)c3cccc(c23)O1. The molecular weight excluding hydrogens is 258 g/mol. The molecule has 4 heteroatoms. The van der Waals surface area contributed by atoms with Gasteiger partial charge in [-0.3, -0.25) is 5.32 Å². The minimum absolute atomic E-state index is 0.433. The summed E-state index contributed by atoms with van der Waals surface area (Å²) < 4.78 is 6.08. The summed E-state index contributed by atoms with van der Waals surface area (Å²) in [4.78, 5) is 11.2. The maximum absolute atomic E-state index is 11.2. The number of rotatable bonds is 0. The second kappa shape index (κ2) is 2.97. The van der Waals surface area contributed by atoms with Crippen LogP contribution in [0.2, 0.25) is 0 Å². The Labute approximate surface area is 94.2 Å². The first-order valence-electron chi connectivity index (χ1n) is 4.46.